The van der Waals surface area contributed by atoms with Crippen molar-refractivity contribution in [1.82, 2.24) is 0 Å². The number of aliphatic hydroxyl groups is 2. The quantitative estimate of drug-likeness (QED) is 0.635. The predicted octanol–water partition coefficient (Wildman–Crippen LogP) is 2.18. The highest BCUT2D eigenvalue weighted by molar-refractivity contribution is 8.00. The number of aliphatic hydroxyl groups excluding tert-OH is 2. The Hall–Kier alpha value is -1.50. The van der Waals surface area contributed by atoms with Crippen molar-refractivity contribution in [3.05, 3.63) is 33.4 Å². The number of hydrogen-bond acceptors (Lipinski definition) is 5. The molecular formula is C17H22O5S. The molecule has 1 aromatic carbocycles. The van der Waals surface area contributed by atoms with Gasteiger partial charge in [-0.15, -0.1) is 11.8 Å². The largest absolute Gasteiger partial charge is 0.507 e. The van der Waals surface area contributed by atoms with Gasteiger partial charge in [0.1, 0.15) is 5.75 Å². The van der Waals surface area contributed by atoms with Gasteiger partial charge in [-0.2, -0.15) is 0 Å². The lowest BCUT2D eigenvalue weighted by atomic mass is 9.89. The first-order valence-corrected chi connectivity index (χ1v) is 8.49. The number of aliphatic carboxylic acids is 1. The van der Waals surface area contributed by atoms with Gasteiger partial charge in [0.05, 0.1) is 17.6 Å². The maximum absolute atomic E-state index is 10.9. The molecule has 0 fully saturated rings. The van der Waals surface area contributed by atoms with E-state index >= 15 is 0 Å². The zero-order valence-electron chi connectivity index (χ0n) is 13.5. The fourth-order valence-electron chi connectivity index (χ4n) is 3.37. The lowest BCUT2D eigenvalue weighted by Gasteiger charge is -2.20. The van der Waals surface area contributed by atoms with Crippen molar-refractivity contribution >= 4 is 23.3 Å². The van der Waals surface area contributed by atoms with Crippen LogP contribution in [0, 0.1) is 13.8 Å². The van der Waals surface area contributed by atoms with E-state index in [1.807, 2.05) is 13.8 Å². The number of carbonyl (C=O) groups is 1. The van der Waals surface area contributed by atoms with Crippen LogP contribution in [0.3, 0.4) is 0 Å². The number of fused-ring (bicyclic) bond motifs is 1. The highest BCUT2D eigenvalue weighted by Gasteiger charge is 2.35. The maximum atomic E-state index is 10.9. The van der Waals surface area contributed by atoms with Crippen molar-refractivity contribution in [3.8, 4) is 5.75 Å². The molecule has 1 aromatic rings. The zero-order chi connectivity index (χ0) is 17.3. The van der Waals surface area contributed by atoms with Crippen LogP contribution in [-0.4, -0.2) is 45.4 Å². The molecular weight excluding hydrogens is 316 g/mol. The molecule has 0 radical (unpaired) electrons. The standard InChI is InChI=1S/C17H22O5S/c1-8-11(4-5-18)9(2)16(22)15-14(8)12(6-19)10(3)17(15)23-7-13(20)21/h17-19,22H,4-7H2,1-3H3,(H,20,21). The first-order valence-electron chi connectivity index (χ1n) is 7.45. The highest BCUT2D eigenvalue weighted by Crippen LogP contribution is 2.53. The van der Waals surface area contributed by atoms with Gasteiger partial charge < -0.3 is 20.4 Å². The molecule has 23 heavy (non-hydrogen) atoms. The molecule has 1 atom stereocenters. The summed E-state index contributed by atoms with van der Waals surface area (Å²) in [6, 6.07) is 0. The summed E-state index contributed by atoms with van der Waals surface area (Å²) in [6.45, 7) is 5.41. The summed E-state index contributed by atoms with van der Waals surface area (Å²) >= 11 is 1.23. The SMILES string of the molecule is CC1=C(CO)c2c(C)c(CCO)c(C)c(O)c2C1SCC(=O)O. The Morgan fingerprint density at radius 2 is 1.83 bits per heavy atom. The lowest BCUT2D eigenvalue weighted by molar-refractivity contribution is -0.133. The van der Waals surface area contributed by atoms with Gasteiger partial charge in [0.25, 0.3) is 0 Å². The number of aromatic hydroxyl groups is 1. The van der Waals surface area contributed by atoms with Crippen molar-refractivity contribution < 1.29 is 25.2 Å². The van der Waals surface area contributed by atoms with E-state index in [-0.39, 0.29) is 30.0 Å². The third-order valence-corrected chi connectivity index (χ3v) is 5.82. The van der Waals surface area contributed by atoms with Crippen LogP contribution >= 0.6 is 11.8 Å². The molecule has 0 aromatic heterocycles. The van der Waals surface area contributed by atoms with Crippen molar-refractivity contribution in [2.24, 2.45) is 0 Å². The molecule has 1 aliphatic carbocycles. The van der Waals surface area contributed by atoms with Gasteiger partial charge >= 0.3 is 5.97 Å². The fraction of sp³-hybridized carbons (Fsp3) is 0.471. The Morgan fingerprint density at radius 1 is 1.17 bits per heavy atom. The van der Waals surface area contributed by atoms with Gasteiger partial charge in [0.2, 0.25) is 0 Å². The summed E-state index contributed by atoms with van der Waals surface area (Å²) in [7, 11) is 0. The zero-order valence-corrected chi connectivity index (χ0v) is 14.3. The summed E-state index contributed by atoms with van der Waals surface area (Å²) in [5.74, 6) is -0.845. The van der Waals surface area contributed by atoms with Crippen LogP contribution in [0.5, 0.6) is 5.75 Å². The van der Waals surface area contributed by atoms with E-state index in [1.54, 1.807) is 6.92 Å². The van der Waals surface area contributed by atoms with E-state index in [2.05, 4.69) is 0 Å². The van der Waals surface area contributed by atoms with Crippen molar-refractivity contribution in [2.75, 3.05) is 19.0 Å². The average Bonchev–Trinajstić information content (AvgIpc) is 2.79. The molecule has 4 N–H and O–H groups in total. The van der Waals surface area contributed by atoms with Crippen LogP contribution in [0.15, 0.2) is 5.57 Å². The summed E-state index contributed by atoms with van der Waals surface area (Å²) in [5.41, 5.74) is 5.65. The molecule has 126 valence electrons. The normalized spacial score (nSPS) is 16.8. The summed E-state index contributed by atoms with van der Waals surface area (Å²) < 4.78 is 0. The Morgan fingerprint density at radius 3 is 2.35 bits per heavy atom. The van der Waals surface area contributed by atoms with Gasteiger partial charge in [-0.1, -0.05) is 0 Å². The third-order valence-electron chi connectivity index (χ3n) is 4.49. The molecule has 0 saturated heterocycles. The van der Waals surface area contributed by atoms with Crippen LogP contribution in [0.1, 0.15) is 40.0 Å². The molecule has 0 saturated carbocycles. The molecule has 0 heterocycles. The van der Waals surface area contributed by atoms with Gasteiger partial charge in [0, 0.05) is 12.2 Å². The van der Waals surface area contributed by atoms with Crippen LogP contribution in [0.2, 0.25) is 0 Å². The number of phenols is 1. The van der Waals surface area contributed by atoms with E-state index in [0.29, 0.717) is 17.5 Å². The Kier molecular flexibility index (Phi) is 5.39. The molecule has 0 aliphatic heterocycles. The first kappa shape index (κ1) is 17.8. The third kappa shape index (κ3) is 2.98. The topological polar surface area (TPSA) is 98.0 Å². The lowest BCUT2D eigenvalue weighted by Crippen LogP contribution is -2.06. The number of phenolic OH excluding ortho intramolecular Hbond substituents is 1. The van der Waals surface area contributed by atoms with Gasteiger partial charge in [-0.3, -0.25) is 4.79 Å². The minimum absolute atomic E-state index is 0.0196. The molecule has 0 amide bonds. The molecule has 0 bridgehead atoms. The van der Waals surface area contributed by atoms with Crippen LogP contribution < -0.4 is 0 Å². The summed E-state index contributed by atoms with van der Waals surface area (Å²) in [5, 5.41) is 38.4. The number of rotatable bonds is 6. The highest BCUT2D eigenvalue weighted by atomic mass is 32.2. The van der Waals surface area contributed by atoms with Gasteiger partial charge in [0.15, 0.2) is 0 Å². The van der Waals surface area contributed by atoms with Gasteiger partial charge in [-0.25, -0.2) is 0 Å². The molecule has 1 unspecified atom stereocenters. The Balaban J connectivity index is 2.66. The molecule has 1 aliphatic rings. The van der Waals surface area contributed by atoms with Crippen LogP contribution in [0.25, 0.3) is 5.57 Å². The number of carboxylic acids is 1. The minimum atomic E-state index is -0.911. The van der Waals surface area contributed by atoms with Crippen molar-refractivity contribution in [2.45, 2.75) is 32.4 Å². The van der Waals surface area contributed by atoms with Crippen LogP contribution in [0.4, 0.5) is 0 Å². The average molecular weight is 338 g/mol. The summed E-state index contributed by atoms with van der Waals surface area (Å²) in [4.78, 5) is 10.9. The molecule has 0 spiro atoms. The number of carboxylic acid groups (broad SMARTS) is 1. The van der Waals surface area contributed by atoms with E-state index in [4.69, 9.17) is 5.11 Å². The predicted molar refractivity (Wildman–Crippen MR) is 90.9 cm³/mol. The maximum Gasteiger partial charge on any atom is 0.313 e. The smallest absolute Gasteiger partial charge is 0.313 e. The van der Waals surface area contributed by atoms with E-state index in [1.165, 1.54) is 11.8 Å². The Bertz CT molecular complexity index is 678. The molecule has 5 nitrogen and oxygen atoms in total. The summed E-state index contributed by atoms with van der Waals surface area (Å²) in [6.07, 6.45) is 0.434. The van der Waals surface area contributed by atoms with Crippen LogP contribution in [-0.2, 0) is 11.2 Å². The van der Waals surface area contributed by atoms with E-state index in [9.17, 15) is 20.1 Å². The number of hydrogen-bond donors (Lipinski definition) is 4. The molecule has 6 heteroatoms. The Labute approximate surface area is 139 Å². The second kappa shape index (κ2) is 6.95. The first-order chi connectivity index (χ1) is 10.8. The second-order valence-corrected chi connectivity index (χ2v) is 6.84. The minimum Gasteiger partial charge on any atom is -0.507 e. The van der Waals surface area contributed by atoms with Gasteiger partial charge in [-0.05, 0) is 60.6 Å². The monoisotopic (exact) mass is 338 g/mol. The fourth-order valence-corrected chi connectivity index (χ4v) is 4.46. The van der Waals surface area contributed by atoms with E-state index in [0.717, 1.165) is 27.8 Å². The van der Waals surface area contributed by atoms with E-state index < -0.39 is 5.97 Å². The second-order valence-electron chi connectivity index (χ2n) is 5.74. The van der Waals surface area contributed by atoms with Crippen molar-refractivity contribution in [3.63, 3.8) is 0 Å². The molecule has 2 rings (SSSR count). The van der Waals surface area contributed by atoms with Crippen molar-refractivity contribution in [1.29, 1.82) is 0 Å². The number of thioether (sulfide) groups is 1. The number of benzene rings is 1.